The van der Waals surface area contributed by atoms with Gasteiger partial charge in [-0.1, -0.05) is 12.2 Å². The van der Waals surface area contributed by atoms with Crippen LogP contribution in [0, 0.1) is 5.41 Å². The van der Waals surface area contributed by atoms with Gasteiger partial charge in [-0.05, 0) is 6.42 Å². The van der Waals surface area contributed by atoms with Crippen molar-refractivity contribution in [3.8, 4) is 0 Å². The lowest BCUT2D eigenvalue weighted by atomic mass is 10.4. The zero-order chi connectivity index (χ0) is 7.33. The minimum atomic E-state index is -4.05. The van der Waals surface area contributed by atoms with E-state index in [1.54, 1.807) is 5.41 Å². The van der Waals surface area contributed by atoms with E-state index in [0.29, 0.717) is 6.42 Å². The topological polar surface area (TPSA) is 54.4 Å². The van der Waals surface area contributed by atoms with Gasteiger partial charge in [0.05, 0.1) is 0 Å². The van der Waals surface area contributed by atoms with E-state index in [1.807, 2.05) is 0 Å². The molecular weight excluding hydrogens is 140 g/mol. The molecule has 0 atom stereocenters. The summed E-state index contributed by atoms with van der Waals surface area (Å²) in [6.07, 6.45) is 3.07. The average Bonchev–Trinajstić information content (AvgIpc) is 1.63. The molecule has 0 aliphatic carbocycles. The van der Waals surface area contributed by atoms with Crippen LogP contribution in [-0.2, 0) is 10.1 Å². The fraction of sp³-hybridized carbons (Fsp3) is 0.200. The van der Waals surface area contributed by atoms with Gasteiger partial charge >= 0.3 is 0 Å². The van der Waals surface area contributed by atoms with E-state index in [2.05, 4.69) is 6.58 Å². The van der Waals surface area contributed by atoms with E-state index in [-0.39, 0.29) is 0 Å². The van der Waals surface area contributed by atoms with Gasteiger partial charge in [0.15, 0.2) is 0 Å². The fourth-order valence-electron chi connectivity index (χ4n) is 0.237. The first-order valence-electron chi connectivity index (χ1n) is 2.23. The van der Waals surface area contributed by atoms with E-state index in [9.17, 15) is 8.42 Å². The van der Waals surface area contributed by atoms with Crippen LogP contribution in [-0.4, -0.2) is 13.0 Å². The minimum absolute atomic E-state index is 0.389. The zero-order valence-electron chi connectivity index (χ0n) is 4.74. The normalized spacial score (nSPS) is 12.1. The average molecular weight is 147 g/mol. The molecule has 0 bridgehead atoms. The third-order valence-electron chi connectivity index (χ3n) is 0.517. The van der Waals surface area contributed by atoms with Gasteiger partial charge in [-0.25, -0.2) is 0 Å². The van der Waals surface area contributed by atoms with Crippen LogP contribution in [0.15, 0.2) is 18.7 Å². The van der Waals surface area contributed by atoms with Crippen LogP contribution in [0.25, 0.3) is 0 Å². The summed E-state index contributed by atoms with van der Waals surface area (Å²) in [7, 11) is -4.05. The lowest BCUT2D eigenvalue weighted by molar-refractivity contribution is 0.492. The first-order chi connectivity index (χ1) is 4.06. The Kier molecular flexibility index (Phi) is 3.19. The maximum absolute atomic E-state index is 9.88. The molecule has 0 saturated carbocycles. The van der Waals surface area contributed by atoms with Crippen molar-refractivity contribution in [1.29, 1.82) is 0 Å². The molecule has 1 N–H and O–H groups in total. The molecular formula is C5H7O3S. The van der Waals surface area contributed by atoms with Gasteiger partial charge in [0.1, 0.15) is 5.41 Å². The predicted octanol–water partition coefficient (Wildman–Crippen LogP) is 0.767. The molecule has 0 aliphatic rings. The van der Waals surface area contributed by atoms with Crippen molar-refractivity contribution >= 4 is 10.1 Å². The van der Waals surface area contributed by atoms with Crippen LogP contribution in [0.5, 0.6) is 0 Å². The number of hydrogen-bond donors (Lipinski definition) is 1. The molecule has 0 heterocycles. The lowest BCUT2D eigenvalue weighted by Gasteiger charge is -1.79. The molecule has 0 aliphatic heterocycles. The van der Waals surface area contributed by atoms with Gasteiger partial charge in [-0.3, -0.25) is 4.55 Å². The van der Waals surface area contributed by atoms with Gasteiger partial charge in [0, 0.05) is 0 Å². The number of rotatable bonds is 3. The molecule has 0 amide bonds. The molecule has 1 radical (unpaired) electrons. The summed E-state index contributed by atoms with van der Waals surface area (Å²) in [5.74, 6) is 0. The van der Waals surface area contributed by atoms with Crippen LogP contribution in [0.2, 0.25) is 0 Å². The van der Waals surface area contributed by atoms with Crippen molar-refractivity contribution in [2.24, 2.45) is 0 Å². The Hall–Kier alpha value is -0.610. The molecule has 0 unspecified atom stereocenters. The van der Waals surface area contributed by atoms with E-state index in [4.69, 9.17) is 4.55 Å². The zero-order valence-corrected chi connectivity index (χ0v) is 5.56. The Morgan fingerprint density at radius 3 is 2.56 bits per heavy atom. The Morgan fingerprint density at radius 2 is 2.22 bits per heavy atom. The van der Waals surface area contributed by atoms with Crippen LogP contribution >= 0.6 is 0 Å². The van der Waals surface area contributed by atoms with Gasteiger partial charge in [-0.15, -0.1) is 6.58 Å². The maximum atomic E-state index is 9.88. The van der Waals surface area contributed by atoms with Crippen LogP contribution < -0.4 is 0 Å². The molecule has 51 valence electrons. The SMILES string of the molecule is C=CC/C=[C]/S(=O)(=O)O. The molecule has 0 aromatic rings. The van der Waals surface area contributed by atoms with Gasteiger partial charge in [-0.2, -0.15) is 8.42 Å². The van der Waals surface area contributed by atoms with Crippen LogP contribution in [0.4, 0.5) is 0 Å². The highest BCUT2D eigenvalue weighted by molar-refractivity contribution is 7.87. The minimum Gasteiger partial charge on any atom is -0.282 e. The van der Waals surface area contributed by atoms with Gasteiger partial charge in [0.2, 0.25) is 0 Å². The first kappa shape index (κ1) is 8.39. The van der Waals surface area contributed by atoms with E-state index in [1.165, 1.54) is 12.2 Å². The van der Waals surface area contributed by atoms with Crippen LogP contribution in [0.3, 0.4) is 0 Å². The Morgan fingerprint density at radius 1 is 1.67 bits per heavy atom. The highest BCUT2D eigenvalue weighted by atomic mass is 32.2. The summed E-state index contributed by atoms with van der Waals surface area (Å²) in [6.45, 7) is 3.33. The standard InChI is InChI=1S/C5H7O3S/c1-2-3-4-5-9(6,7)8/h2,4H,1,3H2,(H,6,7,8). The number of allylic oxidation sites excluding steroid dienone is 2. The first-order valence-corrected chi connectivity index (χ1v) is 3.67. The van der Waals surface area contributed by atoms with Crippen molar-refractivity contribution in [1.82, 2.24) is 0 Å². The summed E-state index contributed by atoms with van der Waals surface area (Å²) < 4.78 is 27.8. The fourth-order valence-corrected chi connectivity index (χ4v) is 0.544. The molecule has 9 heavy (non-hydrogen) atoms. The molecule has 0 aromatic carbocycles. The summed E-state index contributed by atoms with van der Waals surface area (Å²) in [4.78, 5) is 0. The van der Waals surface area contributed by atoms with Crippen molar-refractivity contribution in [3.63, 3.8) is 0 Å². The van der Waals surface area contributed by atoms with Gasteiger partial charge < -0.3 is 0 Å². The largest absolute Gasteiger partial charge is 0.295 e. The third-order valence-corrected chi connectivity index (χ3v) is 0.981. The second kappa shape index (κ2) is 3.42. The summed E-state index contributed by atoms with van der Waals surface area (Å²) >= 11 is 0. The van der Waals surface area contributed by atoms with E-state index < -0.39 is 10.1 Å². The smallest absolute Gasteiger partial charge is 0.282 e. The summed E-state index contributed by atoms with van der Waals surface area (Å²) in [6, 6.07) is 0. The Balaban J connectivity index is 3.87. The monoisotopic (exact) mass is 147 g/mol. The molecule has 0 saturated heterocycles. The highest BCUT2D eigenvalue weighted by Gasteiger charge is 1.93. The summed E-state index contributed by atoms with van der Waals surface area (Å²) in [5, 5.41) is 1.75. The Bertz CT molecular complexity index is 200. The van der Waals surface area contributed by atoms with E-state index >= 15 is 0 Å². The van der Waals surface area contributed by atoms with Crippen molar-refractivity contribution in [2.75, 3.05) is 0 Å². The van der Waals surface area contributed by atoms with Crippen LogP contribution in [0.1, 0.15) is 6.42 Å². The molecule has 3 nitrogen and oxygen atoms in total. The molecule has 0 rings (SSSR count). The molecule has 0 aromatic heterocycles. The number of hydrogen-bond acceptors (Lipinski definition) is 2. The molecule has 4 heteroatoms. The molecule has 0 fully saturated rings. The predicted molar refractivity (Wildman–Crippen MR) is 34.2 cm³/mol. The molecule has 0 spiro atoms. The van der Waals surface area contributed by atoms with Crippen molar-refractivity contribution in [3.05, 3.63) is 24.1 Å². The highest BCUT2D eigenvalue weighted by Crippen LogP contribution is 1.86. The van der Waals surface area contributed by atoms with Crippen molar-refractivity contribution < 1.29 is 13.0 Å². The van der Waals surface area contributed by atoms with Crippen molar-refractivity contribution in [2.45, 2.75) is 6.42 Å². The maximum Gasteiger partial charge on any atom is 0.295 e. The lowest BCUT2D eigenvalue weighted by Crippen LogP contribution is -1.89. The van der Waals surface area contributed by atoms with Gasteiger partial charge in [0.25, 0.3) is 10.1 Å². The second-order valence-corrected chi connectivity index (χ2v) is 2.51. The van der Waals surface area contributed by atoms with E-state index in [0.717, 1.165) is 0 Å². The second-order valence-electron chi connectivity index (χ2n) is 1.32. The summed E-state index contributed by atoms with van der Waals surface area (Å²) in [5.41, 5.74) is 0. The Labute approximate surface area is 54.4 Å². The quantitative estimate of drug-likeness (QED) is 0.473. The third kappa shape index (κ3) is 7.39.